The van der Waals surface area contributed by atoms with E-state index >= 15 is 0 Å². The summed E-state index contributed by atoms with van der Waals surface area (Å²) in [4.78, 5) is 0. The van der Waals surface area contributed by atoms with Gasteiger partial charge in [-0.05, 0) is 0 Å². The van der Waals surface area contributed by atoms with Gasteiger partial charge >= 0.3 is 78.7 Å². The Bertz CT molecular complexity index is 124. The molecule has 0 radical (unpaired) electrons. The molecule has 0 aliphatic heterocycles. The molecule has 0 amide bonds. The van der Waals surface area contributed by atoms with Crippen molar-refractivity contribution >= 4 is 11.9 Å². The third kappa shape index (κ3) is 3.36. The van der Waals surface area contributed by atoms with Crippen molar-refractivity contribution in [2.45, 2.75) is 36.0 Å². The van der Waals surface area contributed by atoms with Gasteiger partial charge in [0.15, 0.2) is 0 Å². The molecule has 0 unspecified atom stereocenters. The maximum absolute atomic E-state index is 7.79. The van der Waals surface area contributed by atoms with Gasteiger partial charge in [-0.2, -0.15) is 0 Å². The van der Waals surface area contributed by atoms with Crippen LogP contribution in [0.1, 0.15) is 34.8 Å². The van der Waals surface area contributed by atoms with Crippen LogP contribution in [-0.2, 0) is 22.1 Å². The predicted octanol–water partition coefficient (Wildman–Crippen LogP) is 3.38. The summed E-state index contributed by atoms with van der Waals surface area (Å²) in [6.45, 7) is 0. The molecule has 0 aromatic rings. The van der Waals surface area contributed by atoms with E-state index in [0.29, 0.717) is 5.92 Å². The number of halogens is 1. The summed E-state index contributed by atoms with van der Waals surface area (Å²) in [6, 6.07) is 0. The monoisotopic (exact) mass is 380 g/mol. The van der Waals surface area contributed by atoms with Crippen LogP contribution >= 0.6 is 11.9 Å². The second kappa shape index (κ2) is 5.12. The summed E-state index contributed by atoms with van der Waals surface area (Å²) >= 11 is 2.11. The molecule has 1 saturated carbocycles. The fraction of sp³-hybridized carbons (Fsp3) is 1.00. The molecule has 0 aromatic carbocycles. The second-order valence-electron chi connectivity index (χ2n) is 2.67. The molecule has 2 heteroatoms. The zero-order valence-electron chi connectivity index (χ0n) is 7.70. The molecule has 1 fully saturated rings. The minimum atomic E-state index is -1.35. The van der Waals surface area contributed by atoms with E-state index in [0.717, 1.165) is 12.8 Å². The Morgan fingerprint density at radius 1 is 1.44 bits per heavy atom. The second-order valence-corrected chi connectivity index (χ2v) is 10.2. The van der Waals surface area contributed by atoms with Crippen molar-refractivity contribution in [1.82, 2.24) is 0 Å². The van der Waals surface area contributed by atoms with Crippen molar-refractivity contribution < 1.29 is 24.9 Å². The van der Waals surface area contributed by atoms with E-state index in [1.165, 1.54) is 19.3 Å². The van der Waals surface area contributed by atoms with Crippen LogP contribution in [0.3, 0.4) is 0 Å². The van der Waals surface area contributed by atoms with Crippen molar-refractivity contribution in [3.05, 3.63) is 0 Å². The van der Waals surface area contributed by atoms with E-state index in [2.05, 4.69) is 11.9 Å². The number of rotatable bonds is 2. The maximum atomic E-state index is 7.79. The molecule has 1 aliphatic rings. The van der Waals surface area contributed by atoms with Gasteiger partial charge in [0.25, 0.3) is 0 Å². The van der Waals surface area contributed by atoms with Crippen LogP contribution in [0.4, 0.5) is 0 Å². The van der Waals surface area contributed by atoms with E-state index in [-0.39, 0.29) is 0 Å². The van der Waals surface area contributed by atoms with Gasteiger partial charge in [0, 0.05) is 0 Å². The first-order valence-electron chi connectivity index (χ1n) is 4.73. The van der Waals surface area contributed by atoms with Gasteiger partial charge in [-0.1, -0.05) is 0 Å². The van der Waals surface area contributed by atoms with Gasteiger partial charge < -0.3 is 0 Å². The van der Waals surface area contributed by atoms with Crippen molar-refractivity contribution in [3.8, 4) is 0 Å². The van der Waals surface area contributed by atoms with Crippen molar-refractivity contribution in [3.63, 3.8) is 0 Å². The molecular formula is C7H13BrHg. The molecule has 0 spiro atoms. The van der Waals surface area contributed by atoms with E-state index in [4.69, 9.17) is 2.74 Å². The fourth-order valence-corrected chi connectivity index (χ4v) is 7.87. The molecule has 0 nitrogen and oxygen atoms in total. The summed E-state index contributed by atoms with van der Waals surface area (Å²) in [5.74, 6) is 0.400. The van der Waals surface area contributed by atoms with Gasteiger partial charge in [-0.25, -0.2) is 0 Å². The molecular weight excluding hydrogens is 365 g/mol. The molecule has 9 heavy (non-hydrogen) atoms. The van der Waals surface area contributed by atoms with Gasteiger partial charge in [0.05, 0.1) is 0 Å². The van der Waals surface area contributed by atoms with E-state index in [1.54, 1.807) is 0 Å². The van der Waals surface area contributed by atoms with Crippen LogP contribution in [0.5, 0.6) is 0 Å². The van der Waals surface area contributed by atoms with Crippen molar-refractivity contribution in [2.75, 3.05) is 0 Å². The first kappa shape index (κ1) is 5.99. The van der Waals surface area contributed by atoms with Gasteiger partial charge in [-0.3, -0.25) is 0 Å². The number of hydrogen-bond donors (Lipinski definition) is 0. The average molecular weight is 380 g/mol. The molecule has 0 heterocycles. The first-order valence-corrected chi connectivity index (χ1v) is 18.4. The Balaban J connectivity index is 2.43. The molecule has 0 N–H and O–H groups in total. The van der Waals surface area contributed by atoms with Gasteiger partial charge in [-0.15, -0.1) is 0 Å². The summed E-state index contributed by atoms with van der Waals surface area (Å²) in [7, 11) is 0. The van der Waals surface area contributed by atoms with Crippen LogP contribution in [0.25, 0.3) is 0 Å². The normalized spacial score (nSPS) is 26.3. The Morgan fingerprint density at radius 2 is 2.11 bits per heavy atom. The summed E-state index contributed by atoms with van der Waals surface area (Å²) < 4.78 is 14.8. The third-order valence-corrected chi connectivity index (χ3v) is 7.66. The molecule has 1 aliphatic carbocycles. The standard InChI is InChI=1S/C7H13.BrH.Hg/c1-7-5-3-2-4-6-7;;/h7H,1-6H2;1H;/q;;+1/p-1/i1D2;;. The summed E-state index contributed by atoms with van der Waals surface area (Å²) in [5, 5.41) is 0. The zero-order chi connectivity index (χ0) is 8.32. The van der Waals surface area contributed by atoms with Crippen molar-refractivity contribution in [1.29, 1.82) is 0 Å². The molecule has 0 aromatic heterocycles. The van der Waals surface area contributed by atoms with Gasteiger partial charge in [0.2, 0.25) is 0 Å². The van der Waals surface area contributed by atoms with E-state index in [1.807, 2.05) is 0 Å². The minimum absolute atomic E-state index is 0.400. The Hall–Kier alpha value is 1.42. The van der Waals surface area contributed by atoms with Crippen molar-refractivity contribution in [2.24, 2.45) is 5.92 Å². The van der Waals surface area contributed by atoms with Crippen LogP contribution in [0.2, 0.25) is 3.88 Å². The quantitative estimate of drug-likeness (QED) is 0.645. The molecule has 50 valence electrons. The third-order valence-electron chi connectivity index (χ3n) is 1.97. The molecule has 1 rings (SSSR count). The molecule has 0 atom stereocenters. The Kier molecular flexibility index (Phi) is 3.41. The van der Waals surface area contributed by atoms with Crippen LogP contribution in [-0.4, -0.2) is 0 Å². The fourth-order valence-electron chi connectivity index (χ4n) is 1.42. The average Bonchev–Trinajstić information content (AvgIpc) is 2.06. The molecule has 0 bridgehead atoms. The first-order chi connectivity index (χ1) is 5.17. The SMILES string of the molecule is [2H][C]([2H])([Hg][Br])C1CCCCC1. The molecule has 0 saturated heterocycles. The summed E-state index contributed by atoms with van der Waals surface area (Å²) in [6.07, 6.45) is 6.11. The summed E-state index contributed by atoms with van der Waals surface area (Å²) in [5.41, 5.74) is 0. The number of hydrogen-bond acceptors (Lipinski definition) is 0. The zero-order valence-corrected chi connectivity index (χ0v) is 12.8. The van der Waals surface area contributed by atoms with Crippen LogP contribution in [0.15, 0.2) is 0 Å². The van der Waals surface area contributed by atoms with E-state index < -0.39 is 26.0 Å². The Morgan fingerprint density at radius 3 is 2.67 bits per heavy atom. The van der Waals surface area contributed by atoms with E-state index in [9.17, 15) is 0 Å². The van der Waals surface area contributed by atoms with Gasteiger partial charge in [0.1, 0.15) is 0 Å². The van der Waals surface area contributed by atoms with Crippen LogP contribution in [0, 0.1) is 5.92 Å². The van der Waals surface area contributed by atoms with Crippen LogP contribution < -0.4 is 0 Å². The topological polar surface area (TPSA) is 0 Å². The predicted molar refractivity (Wildman–Crippen MR) is 40.3 cm³/mol. The Labute approximate surface area is 78.3 Å².